The molecule has 0 saturated heterocycles. The van der Waals surface area contributed by atoms with Crippen molar-refractivity contribution in [2.24, 2.45) is 0 Å². The second-order valence-electron chi connectivity index (χ2n) is 3.85. The Bertz CT molecular complexity index is 517. The maximum atomic E-state index is 12.2. The molecular weight excluding hydrogens is 245 g/mol. The Morgan fingerprint density at radius 3 is 2.17 bits per heavy atom. The lowest BCUT2D eigenvalue weighted by molar-refractivity contribution is -0.157. The van der Waals surface area contributed by atoms with Gasteiger partial charge < -0.3 is 4.42 Å². The van der Waals surface area contributed by atoms with Crippen molar-refractivity contribution < 1.29 is 17.6 Å². The van der Waals surface area contributed by atoms with Gasteiger partial charge in [-0.3, -0.25) is 0 Å². The number of halogens is 3. The molecule has 1 aromatic carbocycles. The number of rotatable bonds is 3. The van der Waals surface area contributed by atoms with E-state index in [0.717, 1.165) is 12.0 Å². The Morgan fingerprint density at radius 1 is 1.06 bits per heavy atom. The Morgan fingerprint density at radius 2 is 1.67 bits per heavy atom. The topological polar surface area (TPSA) is 38.9 Å². The van der Waals surface area contributed by atoms with E-state index in [1.54, 1.807) is 0 Å². The van der Waals surface area contributed by atoms with Crippen LogP contribution in [-0.2, 0) is 19.0 Å². The molecule has 0 unspecified atom stereocenters. The summed E-state index contributed by atoms with van der Waals surface area (Å²) in [5.74, 6) is -1.34. The molecular formula is C12H11F3N2O. The normalized spacial score (nSPS) is 11.8. The van der Waals surface area contributed by atoms with Gasteiger partial charge in [-0.15, -0.1) is 10.2 Å². The van der Waals surface area contributed by atoms with E-state index in [9.17, 15) is 13.2 Å². The number of alkyl halides is 3. The van der Waals surface area contributed by atoms with E-state index in [2.05, 4.69) is 14.6 Å². The fourth-order valence-corrected chi connectivity index (χ4v) is 1.51. The SMILES string of the molecule is CCc1ccc(Cc2nnc(C(F)(F)F)o2)cc1. The molecule has 3 nitrogen and oxygen atoms in total. The lowest BCUT2D eigenvalue weighted by Crippen LogP contribution is -2.04. The lowest BCUT2D eigenvalue weighted by Gasteiger charge is -2.00. The zero-order valence-corrected chi connectivity index (χ0v) is 9.66. The molecule has 0 aliphatic heterocycles. The van der Waals surface area contributed by atoms with Gasteiger partial charge in [0.25, 0.3) is 0 Å². The monoisotopic (exact) mass is 256 g/mol. The van der Waals surface area contributed by atoms with Gasteiger partial charge in [-0.1, -0.05) is 31.2 Å². The van der Waals surface area contributed by atoms with E-state index in [4.69, 9.17) is 0 Å². The van der Waals surface area contributed by atoms with Gasteiger partial charge in [0.05, 0.1) is 6.42 Å². The summed E-state index contributed by atoms with van der Waals surface area (Å²) in [7, 11) is 0. The molecule has 0 N–H and O–H groups in total. The molecule has 0 radical (unpaired) electrons. The zero-order valence-electron chi connectivity index (χ0n) is 9.66. The van der Waals surface area contributed by atoms with Gasteiger partial charge in [0, 0.05) is 0 Å². The molecule has 1 heterocycles. The van der Waals surface area contributed by atoms with Crippen molar-refractivity contribution in [1.29, 1.82) is 0 Å². The van der Waals surface area contributed by atoms with Crippen molar-refractivity contribution in [1.82, 2.24) is 10.2 Å². The van der Waals surface area contributed by atoms with Crippen LogP contribution in [-0.4, -0.2) is 10.2 Å². The van der Waals surface area contributed by atoms with Gasteiger partial charge in [-0.25, -0.2) is 0 Å². The van der Waals surface area contributed by atoms with E-state index in [1.165, 1.54) is 5.56 Å². The van der Waals surface area contributed by atoms with Gasteiger partial charge in [0.1, 0.15) is 0 Å². The first kappa shape index (κ1) is 12.6. The minimum Gasteiger partial charge on any atom is -0.417 e. The Hall–Kier alpha value is -1.85. The van der Waals surface area contributed by atoms with Crippen molar-refractivity contribution >= 4 is 0 Å². The summed E-state index contributed by atoms with van der Waals surface area (Å²) in [6.07, 6.45) is -3.47. The third-order valence-corrected chi connectivity index (χ3v) is 2.50. The summed E-state index contributed by atoms with van der Waals surface area (Å²) in [4.78, 5) is 0. The van der Waals surface area contributed by atoms with Crippen LogP contribution >= 0.6 is 0 Å². The predicted molar refractivity (Wildman–Crippen MR) is 57.9 cm³/mol. The molecule has 6 heteroatoms. The van der Waals surface area contributed by atoms with Crippen LogP contribution in [0.3, 0.4) is 0 Å². The molecule has 0 spiro atoms. The Balaban J connectivity index is 2.11. The predicted octanol–water partition coefficient (Wildman–Crippen LogP) is 3.24. The first-order valence-electron chi connectivity index (χ1n) is 5.46. The summed E-state index contributed by atoms with van der Waals surface area (Å²) in [5, 5.41) is 6.36. The highest BCUT2D eigenvalue weighted by molar-refractivity contribution is 5.24. The summed E-state index contributed by atoms with van der Waals surface area (Å²) in [6, 6.07) is 7.54. The van der Waals surface area contributed by atoms with Crippen LogP contribution < -0.4 is 0 Å². The van der Waals surface area contributed by atoms with Crippen LogP contribution in [0.4, 0.5) is 13.2 Å². The van der Waals surface area contributed by atoms with Crippen LogP contribution in [0.1, 0.15) is 29.8 Å². The Kier molecular flexibility index (Phi) is 3.36. The number of benzene rings is 1. The molecule has 0 aliphatic rings. The van der Waals surface area contributed by atoms with Gasteiger partial charge in [0.15, 0.2) is 0 Å². The maximum Gasteiger partial charge on any atom is 0.470 e. The summed E-state index contributed by atoms with van der Waals surface area (Å²) < 4.78 is 41.3. The zero-order chi connectivity index (χ0) is 13.2. The first-order chi connectivity index (χ1) is 8.49. The second-order valence-corrected chi connectivity index (χ2v) is 3.85. The molecule has 0 bridgehead atoms. The van der Waals surface area contributed by atoms with E-state index in [0.29, 0.717) is 0 Å². The molecule has 0 amide bonds. The third-order valence-electron chi connectivity index (χ3n) is 2.50. The molecule has 0 saturated carbocycles. The third kappa shape index (κ3) is 2.88. The average Bonchev–Trinajstić information content (AvgIpc) is 2.78. The first-order valence-corrected chi connectivity index (χ1v) is 5.46. The van der Waals surface area contributed by atoms with Crippen molar-refractivity contribution in [2.45, 2.75) is 25.9 Å². The summed E-state index contributed by atoms with van der Waals surface area (Å²) in [6.45, 7) is 2.03. The van der Waals surface area contributed by atoms with Crippen molar-refractivity contribution in [3.05, 3.63) is 47.2 Å². The minimum absolute atomic E-state index is 0.0356. The van der Waals surface area contributed by atoms with E-state index >= 15 is 0 Å². The Labute approximate surface area is 102 Å². The summed E-state index contributed by atoms with van der Waals surface area (Å²) >= 11 is 0. The fraction of sp³-hybridized carbons (Fsp3) is 0.333. The number of aryl methyl sites for hydroxylation is 1. The maximum absolute atomic E-state index is 12.2. The van der Waals surface area contributed by atoms with E-state index < -0.39 is 12.1 Å². The number of aromatic nitrogens is 2. The van der Waals surface area contributed by atoms with Crippen molar-refractivity contribution in [2.75, 3.05) is 0 Å². The summed E-state index contributed by atoms with van der Waals surface area (Å²) in [5.41, 5.74) is 2.00. The van der Waals surface area contributed by atoms with Crippen molar-refractivity contribution in [3.8, 4) is 0 Å². The van der Waals surface area contributed by atoms with Crippen LogP contribution in [0.2, 0.25) is 0 Å². The molecule has 2 rings (SSSR count). The quantitative estimate of drug-likeness (QED) is 0.846. The molecule has 96 valence electrons. The van der Waals surface area contributed by atoms with Crippen LogP contribution in [0.15, 0.2) is 28.7 Å². The number of nitrogens with zero attached hydrogens (tertiary/aromatic N) is 2. The number of hydrogen-bond acceptors (Lipinski definition) is 3. The second kappa shape index (κ2) is 4.80. The van der Waals surface area contributed by atoms with Gasteiger partial charge >= 0.3 is 12.1 Å². The van der Waals surface area contributed by atoms with E-state index in [1.807, 2.05) is 31.2 Å². The highest BCUT2D eigenvalue weighted by Crippen LogP contribution is 2.28. The standard InChI is InChI=1S/C12H11F3N2O/c1-2-8-3-5-9(6-4-8)7-10-16-17-11(18-10)12(13,14)15/h3-6H,2,7H2,1H3. The van der Waals surface area contributed by atoms with Crippen LogP contribution in [0, 0.1) is 0 Å². The largest absolute Gasteiger partial charge is 0.470 e. The lowest BCUT2D eigenvalue weighted by atomic mass is 10.1. The van der Waals surface area contributed by atoms with Gasteiger partial charge in [0.2, 0.25) is 5.89 Å². The minimum atomic E-state index is -4.59. The van der Waals surface area contributed by atoms with Gasteiger partial charge in [-0.05, 0) is 17.5 Å². The van der Waals surface area contributed by atoms with Crippen LogP contribution in [0.5, 0.6) is 0 Å². The van der Waals surface area contributed by atoms with Gasteiger partial charge in [-0.2, -0.15) is 13.2 Å². The molecule has 18 heavy (non-hydrogen) atoms. The number of hydrogen-bond donors (Lipinski definition) is 0. The molecule has 2 aromatic rings. The molecule has 1 aromatic heterocycles. The highest BCUT2D eigenvalue weighted by atomic mass is 19.4. The molecule has 0 aliphatic carbocycles. The molecule has 0 fully saturated rings. The fourth-order valence-electron chi connectivity index (χ4n) is 1.51. The van der Waals surface area contributed by atoms with Crippen LogP contribution in [0.25, 0.3) is 0 Å². The molecule has 0 atom stereocenters. The average molecular weight is 256 g/mol. The smallest absolute Gasteiger partial charge is 0.417 e. The van der Waals surface area contributed by atoms with E-state index in [-0.39, 0.29) is 12.3 Å². The van der Waals surface area contributed by atoms with Crippen molar-refractivity contribution in [3.63, 3.8) is 0 Å². The highest BCUT2D eigenvalue weighted by Gasteiger charge is 2.38.